The van der Waals surface area contributed by atoms with Crippen molar-refractivity contribution in [3.05, 3.63) is 0 Å². The lowest BCUT2D eigenvalue weighted by Gasteiger charge is -2.18. The van der Waals surface area contributed by atoms with Crippen molar-refractivity contribution in [1.29, 1.82) is 0 Å². The first-order valence-electron chi connectivity index (χ1n) is 1.88. The van der Waals surface area contributed by atoms with E-state index in [1.54, 1.807) is 0 Å². The van der Waals surface area contributed by atoms with Crippen molar-refractivity contribution in [3.8, 4) is 0 Å². The van der Waals surface area contributed by atoms with E-state index in [1.807, 2.05) is 0 Å². The van der Waals surface area contributed by atoms with Crippen molar-refractivity contribution >= 4 is 7.60 Å². The molecule has 6 heteroatoms. The highest BCUT2D eigenvalue weighted by Crippen LogP contribution is 2.42. The van der Waals surface area contributed by atoms with Gasteiger partial charge in [-0.1, -0.05) is 0 Å². The fraction of sp³-hybridized carbons (Fsp3) is 1.00. The van der Waals surface area contributed by atoms with Crippen LogP contribution in [0.2, 0.25) is 0 Å². The smallest absolute Gasteiger partial charge is 0.322 e. The van der Waals surface area contributed by atoms with Gasteiger partial charge in [-0.05, 0) is 6.92 Å². The Morgan fingerprint density at radius 1 is 1.50 bits per heavy atom. The Balaban J connectivity index is 4.26. The average Bonchev–Trinajstić information content (AvgIpc) is 1.25. The predicted octanol–water partition coefficient (Wildman–Crippen LogP) is -1.24. The summed E-state index contributed by atoms with van der Waals surface area (Å²) in [5, 5.41) is -1.90. The topological polar surface area (TPSA) is 110 Å². The van der Waals surface area contributed by atoms with Gasteiger partial charge in [-0.2, -0.15) is 0 Å². The van der Waals surface area contributed by atoms with E-state index in [9.17, 15) is 4.57 Å². The van der Waals surface area contributed by atoms with Crippen molar-refractivity contribution in [2.24, 2.45) is 11.5 Å². The quantitative estimate of drug-likeness (QED) is 0.269. The van der Waals surface area contributed by atoms with Crippen LogP contribution >= 0.6 is 7.60 Å². The fourth-order valence-electron chi connectivity index (χ4n) is 0. The van der Waals surface area contributed by atoms with Gasteiger partial charge in [0.2, 0.25) is 0 Å². The van der Waals surface area contributed by atoms with Gasteiger partial charge in [0, 0.05) is 0 Å². The Labute approximate surface area is 46.8 Å². The normalized spacial score (nSPS) is 14.1. The van der Waals surface area contributed by atoms with E-state index in [2.05, 4.69) is 0 Å². The summed E-state index contributed by atoms with van der Waals surface area (Å²) >= 11 is 0. The van der Waals surface area contributed by atoms with Crippen LogP contribution in [0.15, 0.2) is 0 Å². The molecule has 0 saturated heterocycles. The first-order valence-corrected chi connectivity index (χ1v) is 3.50. The average molecular weight is 140 g/mol. The van der Waals surface area contributed by atoms with Gasteiger partial charge in [0.15, 0.2) is 5.40 Å². The van der Waals surface area contributed by atoms with Crippen LogP contribution in [0.4, 0.5) is 0 Å². The molecule has 0 amide bonds. The molecule has 0 aromatic rings. The van der Waals surface area contributed by atoms with Gasteiger partial charge in [-0.15, -0.1) is 0 Å². The molecule has 0 radical (unpaired) electrons. The van der Waals surface area contributed by atoms with E-state index in [4.69, 9.17) is 21.3 Å². The molecule has 5 nitrogen and oxygen atoms in total. The molecule has 0 aromatic carbocycles. The van der Waals surface area contributed by atoms with E-state index >= 15 is 0 Å². The van der Waals surface area contributed by atoms with Crippen LogP contribution in [0.3, 0.4) is 0 Å². The summed E-state index contributed by atoms with van der Waals surface area (Å²) < 4.78 is 10.1. The Bertz CT molecular complexity index is 122. The van der Waals surface area contributed by atoms with Gasteiger partial charge >= 0.3 is 7.60 Å². The van der Waals surface area contributed by atoms with Crippen LogP contribution in [0.5, 0.6) is 0 Å². The fourth-order valence-corrected chi connectivity index (χ4v) is 0. The zero-order chi connectivity index (χ0) is 7.00. The lowest BCUT2D eigenvalue weighted by molar-refractivity contribution is 0.334. The molecule has 0 unspecified atom stereocenters. The molecule has 0 bridgehead atoms. The third-order valence-electron chi connectivity index (χ3n) is 0.628. The zero-order valence-corrected chi connectivity index (χ0v) is 5.30. The van der Waals surface area contributed by atoms with Gasteiger partial charge in [0.1, 0.15) is 0 Å². The number of hydrogen-bond acceptors (Lipinski definition) is 3. The molecule has 0 rings (SSSR count). The summed E-state index contributed by atoms with van der Waals surface area (Å²) in [5.74, 6) is 0. The minimum atomic E-state index is -4.29. The summed E-state index contributed by atoms with van der Waals surface area (Å²) in [4.78, 5) is 16.4. The van der Waals surface area contributed by atoms with E-state index in [1.165, 1.54) is 0 Å². The number of nitrogens with two attached hydrogens (primary N) is 2. The number of rotatable bonds is 1. The summed E-state index contributed by atoms with van der Waals surface area (Å²) in [6, 6.07) is 0. The van der Waals surface area contributed by atoms with Crippen LogP contribution in [0, 0.1) is 0 Å². The maximum absolute atomic E-state index is 10.1. The van der Waals surface area contributed by atoms with Crippen molar-refractivity contribution in [2.75, 3.05) is 0 Å². The largest absolute Gasteiger partial charge is 0.359 e. The summed E-state index contributed by atoms with van der Waals surface area (Å²) in [7, 11) is -4.29. The molecule has 0 atom stereocenters. The summed E-state index contributed by atoms with van der Waals surface area (Å²) in [5.41, 5.74) is 9.65. The Kier molecular flexibility index (Phi) is 1.80. The highest BCUT2D eigenvalue weighted by molar-refractivity contribution is 7.53. The Morgan fingerprint density at radius 2 is 1.62 bits per heavy atom. The molecule has 8 heavy (non-hydrogen) atoms. The molecule has 0 aliphatic heterocycles. The molecule has 6 N–H and O–H groups in total. The minimum Gasteiger partial charge on any atom is -0.322 e. The molecule has 0 heterocycles. The maximum Gasteiger partial charge on any atom is 0.359 e. The third kappa shape index (κ3) is 1.90. The van der Waals surface area contributed by atoms with Crippen LogP contribution in [0.25, 0.3) is 0 Å². The molecule has 0 aliphatic carbocycles. The molecular formula is C2H9N2O3P. The molecule has 0 aliphatic rings. The monoisotopic (exact) mass is 140 g/mol. The van der Waals surface area contributed by atoms with Crippen LogP contribution < -0.4 is 11.5 Å². The first kappa shape index (κ1) is 8.07. The minimum absolute atomic E-state index is 1.06. The van der Waals surface area contributed by atoms with Gasteiger partial charge in [0.05, 0.1) is 0 Å². The molecule has 50 valence electrons. The molecule has 0 aromatic heterocycles. The van der Waals surface area contributed by atoms with E-state index in [0.717, 1.165) is 6.92 Å². The van der Waals surface area contributed by atoms with Crippen molar-refractivity contribution in [2.45, 2.75) is 12.3 Å². The summed E-state index contributed by atoms with van der Waals surface area (Å²) in [6.45, 7) is 1.06. The van der Waals surface area contributed by atoms with Gasteiger partial charge in [0.25, 0.3) is 0 Å². The highest BCUT2D eigenvalue weighted by atomic mass is 31.2. The second-order valence-corrected chi connectivity index (χ2v) is 3.82. The van der Waals surface area contributed by atoms with Crippen LogP contribution in [0.1, 0.15) is 6.92 Å². The van der Waals surface area contributed by atoms with E-state index in [-0.39, 0.29) is 0 Å². The van der Waals surface area contributed by atoms with E-state index in [0.29, 0.717) is 0 Å². The van der Waals surface area contributed by atoms with Gasteiger partial charge in [-0.3, -0.25) is 4.57 Å². The third-order valence-corrected chi connectivity index (χ3v) is 1.88. The molecule has 0 spiro atoms. The first-order chi connectivity index (χ1) is 3.25. The summed E-state index contributed by atoms with van der Waals surface area (Å²) in [6.07, 6.45) is 0. The Morgan fingerprint density at radius 3 is 1.62 bits per heavy atom. The SMILES string of the molecule is CC(N)(N)P(=O)(O)O. The van der Waals surface area contributed by atoms with Crippen molar-refractivity contribution in [1.82, 2.24) is 0 Å². The highest BCUT2D eigenvalue weighted by Gasteiger charge is 2.33. The van der Waals surface area contributed by atoms with Gasteiger partial charge < -0.3 is 21.3 Å². The second kappa shape index (κ2) is 1.79. The second-order valence-electron chi connectivity index (χ2n) is 1.77. The molecular weight excluding hydrogens is 131 g/mol. The standard InChI is InChI=1S/C2H9N2O3P/c1-2(3,4)8(5,6)7/h3-4H2,1H3,(H2,5,6,7). The maximum atomic E-state index is 10.1. The van der Waals surface area contributed by atoms with Crippen molar-refractivity contribution in [3.63, 3.8) is 0 Å². The van der Waals surface area contributed by atoms with Crippen LogP contribution in [-0.2, 0) is 4.57 Å². The Hall–Kier alpha value is 0.0700. The van der Waals surface area contributed by atoms with Crippen LogP contribution in [-0.4, -0.2) is 15.2 Å². The molecule has 0 fully saturated rings. The zero-order valence-electron chi connectivity index (χ0n) is 4.40. The lowest BCUT2D eigenvalue weighted by Crippen LogP contribution is -2.45. The van der Waals surface area contributed by atoms with E-state index < -0.39 is 13.0 Å². The predicted molar refractivity (Wildman–Crippen MR) is 28.8 cm³/mol. The molecule has 0 saturated carbocycles. The number of hydrogen-bond donors (Lipinski definition) is 4. The van der Waals surface area contributed by atoms with Crippen molar-refractivity contribution < 1.29 is 14.4 Å². The lowest BCUT2D eigenvalue weighted by atomic mass is 10.6. The van der Waals surface area contributed by atoms with Gasteiger partial charge in [-0.25, -0.2) is 0 Å².